The molecule has 0 aliphatic rings. The SMILES string of the molecule is CCNc1ccc(C(=O)NCc2cccc(Cl)c2)cc1C. The van der Waals surface area contributed by atoms with Gasteiger partial charge >= 0.3 is 0 Å². The van der Waals surface area contributed by atoms with Gasteiger partial charge in [0.15, 0.2) is 0 Å². The van der Waals surface area contributed by atoms with E-state index < -0.39 is 0 Å². The van der Waals surface area contributed by atoms with Crippen molar-refractivity contribution in [2.45, 2.75) is 20.4 Å². The molecule has 0 saturated heterocycles. The van der Waals surface area contributed by atoms with E-state index in [9.17, 15) is 4.79 Å². The average molecular weight is 303 g/mol. The number of halogens is 1. The Hall–Kier alpha value is -2.00. The Morgan fingerprint density at radius 1 is 1.19 bits per heavy atom. The lowest BCUT2D eigenvalue weighted by Gasteiger charge is -2.10. The number of rotatable bonds is 5. The molecule has 1 amide bonds. The Balaban J connectivity index is 2.02. The molecular formula is C17H19ClN2O. The van der Waals surface area contributed by atoms with E-state index in [0.717, 1.165) is 23.4 Å². The summed E-state index contributed by atoms with van der Waals surface area (Å²) in [4.78, 5) is 12.2. The highest BCUT2D eigenvalue weighted by atomic mass is 35.5. The average Bonchev–Trinajstić information content (AvgIpc) is 2.47. The van der Waals surface area contributed by atoms with Crippen LogP contribution in [-0.4, -0.2) is 12.5 Å². The number of anilines is 1. The predicted octanol–water partition coefficient (Wildman–Crippen LogP) is 4.01. The van der Waals surface area contributed by atoms with Gasteiger partial charge in [-0.05, 0) is 55.3 Å². The van der Waals surface area contributed by atoms with Gasteiger partial charge in [0.05, 0.1) is 0 Å². The summed E-state index contributed by atoms with van der Waals surface area (Å²) >= 11 is 5.93. The van der Waals surface area contributed by atoms with Crippen LogP contribution in [0.25, 0.3) is 0 Å². The van der Waals surface area contributed by atoms with Crippen LogP contribution in [0.15, 0.2) is 42.5 Å². The molecule has 2 aromatic carbocycles. The lowest BCUT2D eigenvalue weighted by Crippen LogP contribution is -2.22. The molecule has 0 saturated carbocycles. The van der Waals surface area contributed by atoms with E-state index in [0.29, 0.717) is 17.1 Å². The van der Waals surface area contributed by atoms with Gasteiger partial charge in [-0.2, -0.15) is 0 Å². The Bertz CT molecular complexity index is 640. The van der Waals surface area contributed by atoms with Crippen molar-refractivity contribution in [3.8, 4) is 0 Å². The normalized spacial score (nSPS) is 10.2. The fraction of sp³-hybridized carbons (Fsp3) is 0.235. The molecule has 0 heterocycles. The van der Waals surface area contributed by atoms with E-state index in [-0.39, 0.29) is 5.91 Å². The van der Waals surface area contributed by atoms with Crippen LogP contribution in [0.1, 0.15) is 28.4 Å². The maximum atomic E-state index is 12.2. The first-order valence-electron chi connectivity index (χ1n) is 6.97. The summed E-state index contributed by atoms with van der Waals surface area (Å²) in [5, 5.41) is 6.84. The lowest BCUT2D eigenvalue weighted by atomic mass is 10.1. The first-order valence-corrected chi connectivity index (χ1v) is 7.35. The van der Waals surface area contributed by atoms with Gasteiger partial charge in [0, 0.05) is 29.4 Å². The zero-order chi connectivity index (χ0) is 15.2. The van der Waals surface area contributed by atoms with Gasteiger partial charge in [0.2, 0.25) is 0 Å². The van der Waals surface area contributed by atoms with Crippen LogP contribution >= 0.6 is 11.6 Å². The number of nitrogens with one attached hydrogen (secondary N) is 2. The van der Waals surface area contributed by atoms with E-state index in [1.54, 1.807) is 0 Å². The van der Waals surface area contributed by atoms with Crippen molar-refractivity contribution in [3.63, 3.8) is 0 Å². The van der Waals surface area contributed by atoms with Crippen molar-refractivity contribution in [1.82, 2.24) is 5.32 Å². The van der Waals surface area contributed by atoms with Crippen LogP contribution in [0.5, 0.6) is 0 Å². The number of carbonyl (C=O) groups excluding carboxylic acids is 1. The molecule has 3 nitrogen and oxygen atoms in total. The quantitative estimate of drug-likeness (QED) is 0.876. The third kappa shape index (κ3) is 4.23. The first-order chi connectivity index (χ1) is 10.1. The molecular weight excluding hydrogens is 284 g/mol. The largest absolute Gasteiger partial charge is 0.385 e. The van der Waals surface area contributed by atoms with Crippen molar-refractivity contribution in [2.75, 3.05) is 11.9 Å². The Labute approximate surface area is 130 Å². The molecule has 110 valence electrons. The molecule has 0 unspecified atom stereocenters. The van der Waals surface area contributed by atoms with Gasteiger partial charge in [-0.3, -0.25) is 4.79 Å². The van der Waals surface area contributed by atoms with E-state index in [4.69, 9.17) is 11.6 Å². The molecule has 0 aliphatic heterocycles. The number of hydrogen-bond acceptors (Lipinski definition) is 2. The summed E-state index contributed by atoms with van der Waals surface area (Å²) in [6.45, 7) is 5.37. The van der Waals surface area contributed by atoms with Gasteiger partial charge in [-0.25, -0.2) is 0 Å². The number of hydrogen-bond donors (Lipinski definition) is 2. The van der Waals surface area contributed by atoms with Crippen LogP contribution < -0.4 is 10.6 Å². The summed E-state index contributed by atoms with van der Waals surface area (Å²) < 4.78 is 0. The van der Waals surface area contributed by atoms with Crippen molar-refractivity contribution in [1.29, 1.82) is 0 Å². The second kappa shape index (κ2) is 7.14. The van der Waals surface area contributed by atoms with Gasteiger partial charge in [0.1, 0.15) is 0 Å². The summed E-state index contributed by atoms with van der Waals surface area (Å²) in [6, 6.07) is 13.1. The fourth-order valence-electron chi connectivity index (χ4n) is 2.13. The lowest BCUT2D eigenvalue weighted by molar-refractivity contribution is 0.0951. The highest BCUT2D eigenvalue weighted by Gasteiger charge is 2.07. The van der Waals surface area contributed by atoms with Crippen LogP contribution in [-0.2, 0) is 6.54 Å². The predicted molar refractivity (Wildman–Crippen MR) is 88.0 cm³/mol. The standard InChI is InChI=1S/C17H19ClN2O/c1-3-19-16-8-7-14(9-12(16)2)17(21)20-11-13-5-4-6-15(18)10-13/h4-10,19H,3,11H2,1-2H3,(H,20,21). The first kappa shape index (κ1) is 15.4. The van der Waals surface area contributed by atoms with Crippen molar-refractivity contribution in [2.24, 2.45) is 0 Å². The fourth-order valence-corrected chi connectivity index (χ4v) is 2.34. The molecule has 0 bridgehead atoms. The van der Waals surface area contributed by atoms with Gasteiger partial charge in [0.25, 0.3) is 5.91 Å². The van der Waals surface area contributed by atoms with E-state index in [1.165, 1.54) is 0 Å². The maximum Gasteiger partial charge on any atom is 0.251 e. The second-order valence-electron chi connectivity index (χ2n) is 4.87. The molecule has 0 aromatic heterocycles. The third-order valence-electron chi connectivity index (χ3n) is 3.20. The minimum Gasteiger partial charge on any atom is -0.385 e. The molecule has 2 rings (SSSR count). The monoisotopic (exact) mass is 302 g/mol. The van der Waals surface area contributed by atoms with Crippen LogP contribution in [0.4, 0.5) is 5.69 Å². The number of carbonyl (C=O) groups is 1. The zero-order valence-electron chi connectivity index (χ0n) is 12.2. The van der Waals surface area contributed by atoms with Crippen molar-refractivity contribution >= 4 is 23.2 Å². The number of amides is 1. The third-order valence-corrected chi connectivity index (χ3v) is 3.43. The Morgan fingerprint density at radius 3 is 2.67 bits per heavy atom. The minimum absolute atomic E-state index is 0.0823. The molecule has 2 N–H and O–H groups in total. The van der Waals surface area contributed by atoms with E-state index in [2.05, 4.69) is 10.6 Å². The molecule has 0 atom stereocenters. The number of aryl methyl sites for hydroxylation is 1. The topological polar surface area (TPSA) is 41.1 Å². The number of benzene rings is 2. The summed E-state index contributed by atoms with van der Waals surface area (Å²) in [7, 11) is 0. The molecule has 0 radical (unpaired) electrons. The zero-order valence-corrected chi connectivity index (χ0v) is 13.0. The molecule has 0 spiro atoms. The second-order valence-corrected chi connectivity index (χ2v) is 5.31. The van der Waals surface area contributed by atoms with Gasteiger partial charge in [-0.15, -0.1) is 0 Å². The van der Waals surface area contributed by atoms with Gasteiger partial charge in [-0.1, -0.05) is 23.7 Å². The summed E-state index contributed by atoms with van der Waals surface area (Å²) in [5.41, 5.74) is 3.77. The minimum atomic E-state index is -0.0823. The Morgan fingerprint density at radius 2 is 2.00 bits per heavy atom. The molecule has 21 heavy (non-hydrogen) atoms. The van der Waals surface area contributed by atoms with Crippen LogP contribution in [0.2, 0.25) is 5.02 Å². The summed E-state index contributed by atoms with van der Waals surface area (Å²) in [5.74, 6) is -0.0823. The van der Waals surface area contributed by atoms with E-state index >= 15 is 0 Å². The molecule has 0 fully saturated rings. The highest BCUT2D eigenvalue weighted by Crippen LogP contribution is 2.16. The van der Waals surface area contributed by atoms with Crippen LogP contribution in [0, 0.1) is 6.92 Å². The van der Waals surface area contributed by atoms with E-state index in [1.807, 2.05) is 56.3 Å². The molecule has 0 aliphatic carbocycles. The van der Waals surface area contributed by atoms with Crippen molar-refractivity contribution < 1.29 is 4.79 Å². The molecule has 2 aromatic rings. The molecule has 4 heteroatoms. The van der Waals surface area contributed by atoms with Crippen molar-refractivity contribution in [3.05, 3.63) is 64.2 Å². The maximum absolute atomic E-state index is 12.2. The summed E-state index contributed by atoms with van der Waals surface area (Å²) in [6.07, 6.45) is 0. The highest BCUT2D eigenvalue weighted by molar-refractivity contribution is 6.30. The van der Waals surface area contributed by atoms with Gasteiger partial charge < -0.3 is 10.6 Å². The Kier molecular flexibility index (Phi) is 5.23. The smallest absolute Gasteiger partial charge is 0.251 e. The van der Waals surface area contributed by atoms with Crippen LogP contribution in [0.3, 0.4) is 0 Å².